The van der Waals surface area contributed by atoms with E-state index in [0.29, 0.717) is 27.9 Å². The zero-order valence-corrected chi connectivity index (χ0v) is 21.3. The lowest BCUT2D eigenvalue weighted by Gasteiger charge is -2.18. The van der Waals surface area contributed by atoms with Crippen LogP contribution in [0.15, 0.2) is 41.6 Å². The van der Waals surface area contributed by atoms with Gasteiger partial charge in [-0.2, -0.15) is 13.5 Å². The number of aryl methyl sites for hydroxylation is 2. The number of pyridine rings is 1. The maximum Gasteiger partial charge on any atom is 0.283 e. The summed E-state index contributed by atoms with van der Waals surface area (Å²) in [5.74, 6) is -1.82. The van der Waals surface area contributed by atoms with Gasteiger partial charge in [0.25, 0.3) is 15.9 Å². The third-order valence-electron chi connectivity index (χ3n) is 5.42. The van der Waals surface area contributed by atoms with Gasteiger partial charge in [0, 0.05) is 39.1 Å². The number of halogens is 1. The number of benzene rings is 1. The zero-order chi connectivity index (χ0) is 26.1. The van der Waals surface area contributed by atoms with Crippen LogP contribution in [0.25, 0.3) is 11.1 Å². The Bertz CT molecular complexity index is 1400. The lowest BCUT2D eigenvalue weighted by molar-refractivity contribution is -0.118. The monoisotopic (exact) mass is 501 g/mol. The molecule has 2 aromatic heterocycles. The van der Waals surface area contributed by atoms with Gasteiger partial charge >= 0.3 is 0 Å². The summed E-state index contributed by atoms with van der Waals surface area (Å²) in [5.41, 5.74) is 3.04. The number of nitrogens with one attached hydrogen (secondary N) is 1. The smallest absolute Gasteiger partial charge is 0.283 e. The standard InChI is InChI=1S/C24H28FN5O4S/c1-14(2)18-10-17(25)11-19(16-7-8-26-15(3)9-16)20(18)12-22(31)28-35(33,34)23-13-21(30(6)27-23)24(32)29(4)5/h7-11,13-14H,12H2,1-6H3,(H,28,31). The first-order valence-corrected chi connectivity index (χ1v) is 12.3. The minimum Gasteiger partial charge on any atom is -0.343 e. The first-order chi connectivity index (χ1) is 16.3. The van der Waals surface area contributed by atoms with Crippen molar-refractivity contribution in [2.75, 3.05) is 14.1 Å². The summed E-state index contributed by atoms with van der Waals surface area (Å²) in [5, 5.41) is 3.44. The Balaban J connectivity index is 1.97. The molecule has 0 unspecified atom stereocenters. The van der Waals surface area contributed by atoms with E-state index in [1.165, 1.54) is 38.2 Å². The van der Waals surface area contributed by atoms with Crippen molar-refractivity contribution in [3.63, 3.8) is 0 Å². The van der Waals surface area contributed by atoms with Crippen molar-refractivity contribution >= 4 is 21.8 Å². The molecule has 3 aromatic rings. The zero-order valence-electron chi connectivity index (χ0n) is 20.5. The van der Waals surface area contributed by atoms with Crippen LogP contribution in [0.1, 0.15) is 47.1 Å². The molecule has 9 nitrogen and oxygen atoms in total. The van der Waals surface area contributed by atoms with Gasteiger partial charge in [-0.15, -0.1) is 0 Å². The van der Waals surface area contributed by atoms with E-state index in [2.05, 4.69) is 10.1 Å². The molecular formula is C24H28FN5O4S. The average Bonchev–Trinajstić information content (AvgIpc) is 3.16. The molecule has 0 fully saturated rings. The summed E-state index contributed by atoms with van der Waals surface area (Å²) < 4.78 is 43.4. The highest BCUT2D eigenvalue weighted by atomic mass is 32.2. The van der Waals surface area contributed by atoms with E-state index in [1.54, 1.807) is 25.3 Å². The van der Waals surface area contributed by atoms with E-state index >= 15 is 0 Å². The molecule has 3 rings (SSSR count). The summed E-state index contributed by atoms with van der Waals surface area (Å²) in [6.45, 7) is 5.53. The Morgan fingerprint density at radius 2 is 1.86 bits per heavy atom. The number of aromatic nitrogens is 3. The van der Waals surface area contributed by atoms with Crippen molar-refractivity contribution in [3.05, 3.63) is 64.9 Å². The molecule has 35 heavy (non-hydrogen) atoms. The molecule has 0 aliphatic heterocycles. The summed E-state index contributed by atoms with van der Waals surface area (Å²) >= 11 is 0. The van der Waals surface area contributed by atoms with E-state index in [0.717, 1.165) is 10.7 Å². The fraction of sp³-hybridized carbons (Fsp3) is 0.333. The Morgan fingerprint density at radius 1 is 1.17 bits per heavy atom. The number of hydrogen-bond donors (Lipinski definition) is 1. The van der Waals surface area contributed by atoms with Crippen LogP contribution in [0.3, 0.4) is 0 Å². The van der Waals surface area contributed by atoms with Gasteiger partial charge in [0.1, 0.15) is 11.5 Å². The van der Waals surface area contributed by atoms with Crippen molar-refractivity contribution in [2.24, 2.45) is 7.05 Å². The van der Waals surface area contributed by atoms with E-state index in [1.807, 2.05) is 18.6 Å². The number of nitrogens with zero attached hydrogens (tertiary/aromatic N) is 4. The number of rotatable bonds is 7. The molecule has 0 atom stereocenters. The van der Waals surface area contributed by atoms with Crippen molar-refractivity contribution in [3.8, 4) is 11.1 Å². The minimum absolute atomic E-state index is 0.0544. The number of carbonyl (C=O) groups is 2. The van der Waals surface area contributed by atoms with Crippen LogP contribution < -0.4 is 4.72 Å². The third kappa shape index (κ3) is 5.73. The van der Waals surface area contributed by atoms with E-state index in [4.69, 9.17) is 0 Å². The molecule has 0 bridgehead atoms. The lowest BCUT2D eigenvalue weighted by atomic mass is 9.88. The van der Waals surface area contributed by atoms with Crippen molar-refractivity contribution < 1.29 is 22.4 Å². The normalized spacial score (nSPS) is 11.5. The van der Waals surface area contributed by atoms with Crippen LogP contribution in [-0.2, 0) is 28.3 Å². The fourth-order valence-corrected chi connectivity index (χ4v) is 4.71. The minimum atomic E-state index is -4.35. The van der Waals surface area contributed by atoms with Crippen LogP contribution in [0.2, 0.25) is 0 Å². The molecule has 0 spiro atoms. The molecule has 11 heteroatoms. The summed E-state index contributed by atoms with van der Waals surface area (Å²) in [4.78, 5) is 30.6. The number of hydrogen-bond acceptors (Lipinski definition) is 6. The van der Waals surface area contributed by atoms with Crippen LogP contribution in [0, 0.1) is 12.7 Å². The average molecular weight is 502 g/mol. The van der Waals surface area contributed by atoms with Gasteiger partial charge in [0.2, 0.25) is 5.91 Å². The number of carbonyl (C=O) groups excluding carboxylic acids is 2. The highest BCUT2D eigenvalue weighted by molar-refractivity contribution is 7.90. The molecule has 2 amide bonds. The van der Waals surface area contributed by atoms with Crippen LogP contribution in [0.4, 0.5) is 4.39 Å². The molecular weight excluding hydrogens is 473 g/mol. The molecule has 0 saturated carbocycles. The SMILES string of the molecule is Cc1cc(-c2cc(F)cc(C(C)C)c2CC(=O)NS(=O)(=O)c2cc(C(=O)N(C)C)n(C)n2)ccn1. The van der Waals surface area contributed by atoms with Crippen LogP contribution >= 0.6 is 0 Å². The predicted molar refractivity (Wildman–Crippen MR) is 129 cm³/mol. The van der Waals surface area contributed by atoms with Gasteiger partial charge in [-0.3, -0.25) is 19.3 Å². The molecule has 2 heterocycles. The fourth-order valence-electron chi connectivity index (χ4n) is 3.74. The van der Waals surface area contributed by atoms with E-state index in [9.17, 15) is 22.4 Å². The van der Waals surface area contributed by atoms with E-state index < -0.39 is 32.7 Å². The predicted octanol–water partition coefficient (Wildman–Crippen LogP) is 2.80. The van der Waals surface area contributed by atoms with Crippen molar-refractivity contribution in [1.29, 1.82) is 0 Å². The molecule has 0 aliphatic rings. The van der Waals surface area contributed by atoms with E-state index in [-0.39, 0.29) is 18.0 Å². The largest absolute Gasteiger partial charge is 0.343 e. The Kier molecular flexibility index (Phi) is 7.39. The Labute approximate surface area is 204 Å². The van der Waals surface area contributed by atoms with Gasteiger partial charge in [0.05, 0.1) is 6.42 Å². The number of amides is 2. The highest BCUT2D eigenvalue weighted by Crippen LogP contribution is 2.32. The third-order valence-corrected chi connectivity index (χ3v) is 6.67. The molecule has 186 valence electrons. The lowest BCUT2D eigenvalue weighted by Crippen LogP contribution is -2.32. The molecule has 0 radical (unpaired) electrons. The number of sulfonamides is 1. The first kappa shape index (κ1) is 26.0. The molecule has 0 saturated heterocycles. The topological polar surface area (TPSA) is 114 Å². The second kappa shape index (κ2) is 9.95. The molecule has 0 aliphatic carbocycles. The van der Waals surface area contributed by atoms with Gasteiger partial charge in [-0.05, 0) is 59.4 Å². The summed E-state index contributed by atoms with van der Waals surface area (Å²) in [6.07, 6.45) is 1.28. The van der Waals surface area contributed by atoms with Crippen LogP contribution in [0.5, 0.6) is 0 Å². The Hall–Kier alpha value is -3.60. The highest BCUT2D eigenvalue weighted by Gasteiger charge is 2.26. The first-order valence-electron chi connectivity index (χ1n) is 10.9. The van der Waals surface area contributed by atoms with Crippen molar-refractivity contribution in [1.82, 2.24) is 24.4 Å². The second-order valence-corrected chi connectivity index (χ2v) is 10.4. The molecule has 1 N–H and O–H groups in total. The summed E-state index contributed by atoms with van der Waals surface area (Å²) in [7, 11) is 0.146. The second-order valence-electron chi connectivity index (χ2n) is 8.76. The van der Waals surface area contributed by atoms with Gasteiger partial charge < -0.3 is 4.90 Å². The summed E-state index contributed by atoms with van der Waals surface area (Å²) in [6, 6.07) is 7.28. The van der Waals surface area contributed by atoms with Gasteiger partial charge in [0.15, 0.2) is 5.03 Å². The van der Waals surface area contributed by atoms with Crippen LogP contribution in [-0.4, -0.2) is 54.0 Å². The molecule has 1 aromatic carbocycles. The maximum absolute atomic E-state index is 14.5. The van der Waals surface area contributed by atoms with Gasteiger partial charge in [-0.25, -0.2) is 9.11 Å². The van der Waals surface area contributed by atoms with Gasteiger partial charge in [-0.1, -0.05) is 13.8 Å². The maximum atomic E-state index is 14.5. The quantitative estimate of drug-likeness (QED) is 0.533. The Morgan fingerprint density at radius 3 is 2.46 bits per heavy atom. The van der Waals surface area contributed by atoms with Crippen molar-refractivity contribution in [2.45, 2.75) is 38.1 Å².